The first-order valence-electron chi connectivity index (χ1n) is 21.7. The van der Waals surface area contributed by atoms with Crippen LogP contribution in [0.4, 0.5) is 0 Å². The molecule has 306 valence electrons. The van der Waals surface area contributed by atoms with Gasteiger partial charge in [0.1, 0.15) is 13.2 Å². The first kappa shape index (κ1) is 50.6. The highest BCUT2D eigenvalue weighted by Gasteiger charge is 2.19. The normalized spacial score (nSPS) is 12.9. The summed E-state index contributed by atoms with van der Waals surface area (Å²) in [4.78, 5) is 37.6. The van der Waals surface area contributed by atoms with E-state index in [1.165, 1.54) is 70.6 Å². The number of rotatable bonds is 37. The van der Waals surface area contributed by atoms with Crippen molar-refractivity contribution in [2.24, 2.45) is 0 Å². The van der Waals surface area contributed by atoms with Gasteiger partial charge in [-0.05, 0) is 57.8 Å². The summed E-state index contributed by atoms with van der Waals surface area (Å²) in [6, 6.07) is 0. The van der Waals surface area contributed by atoms with E-state index in [-0.39, 0.29) is 31.1 Å². The lowest BCUT2D eigenvalue weighted by atomic mass is 10.1. The molecule has 0 heterocycles. The Balaban J connectivity index is 4.48. The van der Waals surface area contributed by atoms with E-state index in [0.717, 1.165) is 64.2 Å². The summed E-state index contributed by atoms with van der Waals surface area (Å²) in [5.41, 5.74) is 0. The fourth-order valence-corrected chi connectivity index (χ4v) is 5.53. The lowest BCUT2D eigenvalue weighted by Gasteiger charge is -2.18. The number of carbonyl (C=O) groups is 3. The molecule has 0 saturated heterocycles. The fourth-order valence-electron chi connectivity index (χ4n) is 5.53. The van der Waals surface area contributed by atoms with Gasteiger partial charge in [0.15, 0.2) is 6.10 Å². The summed E-state index contributed by atoms with van der Waals surface area (Å²) in [6.45, 7) is 6.35. The van der Waals surface area contributed by atoms with Crippen LogP contribution in [0.5, 0.6) is 0 Å². The minimum Gasteiger partial charge on any atom is -0.462 e. The maximum Gasteiger partial charge on any atom is 0.306 e. The average Bonchev–Trinajstić information content (AvgIpc) is 3.17. The van der Waals surface area contributed by atoms with Crippen molar-refractivity contribution in [3.63, 3.8) is 0 Å². The standard InChI is InChI=1S/C48H78O6/c1-4-7-10-13-16-19-21-22-23-24-25-26-27-30-32-35-38-41-47(50)53-44-45(43-52-46(49)40-37-34-31-28-18-15-12-9-6-3)54-48(51)42-39-36-33-29-20-17-14-11-8-5-2/h7,10,13,16,19,21-28,31,45H,4-6,8-9,11-12,14-15,17-18,20,29-30,32-44H2,1-3H3/b10-7-,16-13-,21-19-,23-22-,25-24+,27-26-,31-28-. The fraction of sp³-hybridized carbons (Fsp3) is 0.646. The zero-order valence-electron chi connectivity index (χ0n) is 34.7. The van der Waals surface area contributed by atoms with Gasteiger partial charge < -0.3 is 14.2 Å². The summed E-state index contributed by atoms with van der Waals surface area (Å²) in [5.74, 6) is -0.994. The highest BCUT2D eigenvalue weighted by atomic mass is 16.6. The lowest BCUT2D eigenvalue weighted by Crippen LogP contribution is -2.30. The molecule has 0 spiro atoms. The van der Waals surface area contributed by atoms with Gasteiger partial charge in [0.25, 0.3) is 0 Å². The molecule has 0 radical (unpaired) electrons. The molecule has 1 unspecified atom stereocenters. The lowest BCUT2D eigenvalue weighted by molar-refractivity contribution is -0.167. The van der Waals surface area contributed by atoms with Crippen molar-refractivity contribution in [1.29, 1.82) is 0 Å². The third-order valence-corrected chi connectivity index (χ3v) is 8.80. The quantitative estimate of drug-likeness (QED) is 0.0207. The summed E-state index contributed by atoms with van der Waals surface area (Å²) in [5, 5.41) is 0. The molecule has 0 aromatic rings. The Kier molecular flexibility index (Phi) is 39.7. The van der Waals surface area contributed by atoms with Gasteiger partial charge in [-0.15, -0.1) is 0 Å². The Morgan fingerprint density at radius 3 is 1.28 bits per heavy atom. The molecule has 6 heteroatoms. The molecule has 54 heavy (non-hydrogen) atoms. The predicted octanol–water partition coefficient (Wildman–Crippen LogP) is 13.7. The van der Waals surface area contributed by atoms with Gasteiger partial charge in [-0.25, -0.2) is 0 Å². The van der Waals surface area contributed by atoms with Crippen molar-refractivity contribution < 1.29 is 28.6 Å². The van der Waals surface area contributed by atoms with E-state index in [1.807, 2.05) is 60.8 Å². The molecule has 0 aromatic heterocycles. The molecular formula is C48H78O6. The SMILES string of the molecule is CC\C=C/C=C\C=C/C=C\C=C\C=C/CCCCCC(=O)OCC(COC(=O)CCC/C=C\CCCCCC)OC(=O)CCCCCCCCCCCC. The molecule has 0 rings (SSSR count). The van der Waals surface area contributed by atoms with Crippen LogP contribution in [0.1, 0.15) is 181 Å². The second-order valence-electron chi connectivity index (χ2n) is 14.0. The van der Waals surface area contributed by atoms with Gasteiger partial charge in [0.2, 0.25) is 0 Å². The van der Waals surface area contributed by atoms with E-state index in [4.69, 9.17) is 14.2 Å². The molecule has 1 atom stereocenters. The predicted molar refractivity (Wildman–Crippen MR) is 228 cm³/mol. The van der Waals surface area contributed by atoms with E-state index in [2.05, 4.69) is 45.1 Å². The van der Waals surface area contributed by atoms with Crippen LogP contribution in [0.2, 0.25) is 0 Å². The van der Waals surface area contributed by atoms with Crippen LogP contribution in [0.15, 0.2) is 85.1 Å². The summed E-state index contributed by atoms with van der Waals surface area (Å²) < 4.78 is 16.6. The number of hydrogen-bond donors (Lipinski definition) is 0. The largest absolute Gasteiger partial charge is 0.462 e. The molecular weight excluding hydrogens is 673 g/mol. The molecule has 0 aliphatic rings. The molecule has 6 nitrogen and oxygen atoms in total. The van der Waals surface area contributed by atoms with Crippen LogP contribution < -0.4 is 0 Å². The van der Waals surface area contributed by atoms with Crippen LogP contribution in [-0.4, -0.2) is 37.2 Å². The molecule has 0 saturated carbocycles. The van der Waals surface area contributed by atoms with Gasteiger partial charge in [-0.1, -0.05) is 189 Å². The Labute approximate surface area is 331 Å². The molecule has 0 aliphatic carbocycles. The average molecular weight is 751 g/mol. The van der Waals surface area contributed by atoms with E-state index in [9.17, 15) is 14.4 Å². The van der Waals surface area contributed by atoms with Crippen molar-refractivity contribution in [2.45, 2.75) is 187 Å². The minimum atomic E-state index is -0.801. The van der Waals surface area contributed by atoms with Gasteiger partial charge in [0, 0.05) is 19.3 Å². The third kappa shape index (κ3) is 39.8. The van der Waals surface area contributed by atoms with Gasteiger partial charge in [0.05, 0.1) is 0 Å². The summed E-state index contributed by atoms with van der Waals surface area (Å²) in [7, 11) is 0. The number of ether oxygens (including phenoxy) is 3. The second kappa shape index (κ2) is 42.3. The van der Waals surface area contributed by atoms with Crippen molar-refractivity contribution >= 4 is 17.9 Å². The van der Waals surface area contributed by atoms with Crippen LogP contribution in [0, 0.1) is 0 Å². The Bertz CT molecular complexity index is 1090. The van der Waals surface area contributed by atoms with Crippen LogP contribution in [0.3, 0.4) is 0 Å². The number of unbranched alkanes of at least 4 members (excludes halogenated alkanes) is 17. The molecule has 0 fully saturated rings. The Morgan fingerprint density at radius 2 is 0.759 bits per heavy atom. The summed E-state index contributed by atoms with van der Waals surface area (Å²) >= 11 is 0. The smallest absolute Gasteiger partial charge is 0.306 e. The zero-order valence-corrected chi connectivity index (χ0v) is 34.7. The molecule has 0 aliphatic heterocycles. The molecule has 0 amide bonds. The topological polar surface area (TPSA) is 78.9 Å². The first-order valence-corrected chi connectivity index (χ1v) is 21.7. The molecule has 0 N–H and O–H groups in total. The van der Waals surface area contributed by atoms with Crippen molar-refractivity contribution in [2.75, 3.05) is 13.2 Å². The van der Waals surface area contributed by atoms with Gasteiger partial charge >= 0.3 is 17.9 Å². The maximum absolute atomic E-state index is 12.6. The van der Waals surface area contributed by atoms with Crippen molar-refractivity contribution in [3.05, 3.63) is 85.1 Å². The Morgan fingerprint density at radius 1 is 0.389 bits per heavy atom. The minimum absolute atomic E-state index is 0.106. The number of esters is 3. The molecule has 0 aromatic carbocycles. The van der Waals surface area contributed by atoms with E-state index in [1.54, 1.807) is 0 Å². The number of allylic oxidation sites excluding steroid dienone is 14. The van der Waals surface area contributed by atoms with Crippen LogP contribution in [-0.2, 0) is 28.6 Å². The van der Waals surface area contributed by atoms with Crippen molar-refractivity contribution in [1.82, 2.24) is 0 Å². The van der Waals surface area contributed by atoms with E-state index < -0.39 is 6.10 Å². The van der Waals surface area contributed by atoms with Gasteiger partial charge in [-0.3, -0.25) is 14.4 Å². The zero-order chi connectivity index (χ0) is 39.4. The van der Waals surface area contributed by atoms with Crippen LogP contribution >= 0.6 is 0 Å². The molecule has 0 bridgehead atoms. The summed E-state index contributed by atoms with van der Waals surface area (Å²) in [6.07, 6.45) is 52.9. The van der Waals surface area contributed by atoms with Gasteiger partial charge in [-0.2, -0.15) is 0 Å². The second-order valence-corrected chi connectivity index (χ2v) is 14.0. The highest BCUT2D eigenvalue weighted by Crippen LogP contribution is 2.13. The maximum atomic E-state index is 12.6. The third-order valence-electron chi connectivity index (χ3n) is 8.80. The highest BCUT2D eigenvalue weighted by molar-refractivity contribution is 5.71. The monoisotopic (exact) mass is 751 g/mol. The van der Waals surface area contributed by atoms with E-state index in [0.29, 0.717) is 25.7 Å². The number of hydrogen-bond acceptors (Lipinski definition) is 6. The van der Waals surface area contributed by atoms with Crippen LogP contribution in [0.25, 0.3) is 0 Å². The van der Waals surface area contributed by atoms with E-state index >= 15 is 0 Å². The Hall–Kier alpha value is -3.41. The number of carbonyl (C=O) groups excluding carboxylic acids is 3. The first-order chi connectivity index (χ1) is 26.5. The van der Waals surface area contributed by atoms with Crippen molar-refractivity contribution in [3.8, 4) is 0 Å².